The van der Waals surface area contributed by atoms with Gasteiger partial charge in [0.1, 0.15) is 0 Å². The van der Waals surface area contributed by atoms with Crippen molar-refractivity contribution < 1.29 is 13.2 Å². The van der Waals surface area contributed by atoms with Crippen LogP contribution in [-0.2, 0) is 15.4 Å². The number of rotatable bonds is 6. The van der Waals surface area contributed by atoms with E-state index in [1.54, 1.807) is 12.1 Å². The van der Waals surface area contributed by atoms with Gasteiger partial charge in [-0.15, -0.1) is 0 Å². The molecular weight excluding hydrogens is 360 g/mol. The Morgan fingerprint density at radius 1 is 1.16 bits per heavy atom. The van der Waals surface area contributed by atoms with Crippen LogP contribution in [0.3, 0.4) is 0 Å². The van der Waals surface area contributed by atoms with Gasteiger partial charge >= 0.3 is 0 Å². The van der Waals surface area contributed by atoms with Crippen LogP contribution in [0, 0.1) is 0 Å². The van der Waals surface area contributed by atoms with Crippen molar-refractivity contribution in [3.05, 3.63) is 64.7 Å². The minimum atomic E-state index is -3.57. The summed E-state index contributed by atoms with van der Waals surface area (Å²) in [5.41, 5.74) is 1.43. The van der Waals surface area contributed by atoms with E-state index >= 15 is 0 Å². The highest BCUT2D eigenvalue weighted by Crippen LogP contribution is 2.47. The third kappa shape index (κ3) is 3.86. The number of halogens is 1. The molecule has 0 bridgehead atoms. The van der Waals surface area contributed by atoms with Gasteiger partial charge in [-0.05, 0) is 55.8 Å². The van der Waals surface area contributed by atoms with Crippen LogP contribution in [0.15, 0.2) is 53.4 Å². The zero-order chi connectivity index (χ0) is 18.1. The molecule has 2 N–H and O–H groups in total. The fraction of sp³-hybridized carbons (Fsp3) is 0.278. The third-order valence-electron chi connectivity index (χ3n) is 4.57. The van der Waals surface area contributed by atoms with Crippen LogP contribution in [-0.4, -0.2) is 27.9 Å². The lowest BCUT2D eigenvalue weighted by Gasteiger charge is -2.17. The molecule has 0 aliphatic heterocycles. The molecule has 2 aromatic carbocycles. The molecule has 0 atom stereocenters. The average molecular weight is 379 g/mol. The van der Waals surface area contributed by atoms with E-state index in [0.717, 1.165) is 18.4 Å². The predicted molar refractivity (Wildman–Crippen MR) is 97.4 cm³/mol. The van der Waals surface area contributed by atoms with Gasteiger partial charge in [0, 0.05) is 22.5 Å². The number of nitrogens with one attached hydrogen (secondary N) is 2. The van der Waals surface area contributed by atoms with Crippen LogP contribution in [0.1, 0.15) is 28.8 Å². The molecule has 3 rings (SSSR count). The number of benzene rings is 2. The van der Waals surface area contributed by atoms with Gasteiger partial charge in [0.05, 0.1) is 4.90 Å². The van der Waals surface area contributed by atoms with Gasteiger partial charge in [-0.1, -0.05) is 29.8 Å². The molecule has 0 aromatic heterocycles. The summed E-state index contributed by atoms with van der Waals surface area (Å²) in [6.45, 7) is 0.510. The molecule has 0 spiro atoms. The fourth-order valence-electron chi connectivity index (χ4n) is 2.80. The third-order valence-corrected chi connectivity index (χ3v) is 6.24. The maximum atomic E-state index is 12.4. The highest BCUT2D eigenvalue weighted by molar-refractivity contribution is 7.89. The highest BCUT2D eigenvalue weighted by Gasteiger charge is 2.44. The summed E-state index contributed by atoms with van der Waals surface area (Å²) in [6, 6.07) is 13.7. The number of amides is 1. The number of sulfonamides is 1. The second kappa shape index (κ2) is 6.78. The van der Waals surface area contributed by atoms with Crippen LogP contribution >= 0.6 is 11.6 Å². The number of carbonyl (C=O) groups excluding carboxylic acids is 1. The molecule has 1 fully saturated rings. The first kappa shape index (κ1) is 17.9. The van der Waals surface area contributed by atoms with Gasteiger partial charge < -0.3 is 5.32 Å². The molecular formula is C18H19ClN2O3S. The number of hydrogen-bond donors (Lipinski definition) is 2. The molecule has 1 saturated carbocycles. The molecule has 1 aliphatic carbocycles. The summed E-state index contributed by atoms with van der Waals surface area (Å²) in [5.74, 6) is -0.284. The van der Waals surface area contributed by atoms with Crippen molar-refractivity contribution in [1.29, 1.82) is 0 Å². The van der Waals surface area contributed by atoms with Crippen LogP contribution in [0.25, 0.3) is 0 Å². The first-order chi connectivity index (χ1) is 11.9. The van der Waals surface area contributed by atoms with Crippen molar-refractivity contribution >= 4 is 27.5 Å². The molecule has 25 heavy (non-hydrogen) atoms. The van der Waals surface area contributed by atoms with E-state index in [0.29, 0.717) is 17.1 Å². The smallest absolute Gasteiger partial charge is 0.251 e. The Labute approximate surface area is 152 Å². The Bertz CT molecular complexity index is 891. The predicted octanol–water partition coefficient (Wildman–Crippen LogP) is 2.71. The summed E-state index contributed by atoms with van der Waals surface area (Å²) >= 11 is 5.93. The maximum absolute atomic E-state index is 12.4. The summed E-state index contributed by atoms with van der Waals surface area (Å²) in [6.07, 6.45) is 2.01. The zero-order valence-corrected chi connectivity index (χ0v) is 15.3. The topological polar surface area (TPSA) is 75.3 Å². The summed E-state index contributed by atoms with van der Waals surface area (Å²) < 4.78 is 26.0. The Balaban J connectivity index is 1.71. The largest absolute Gasteiger partial charge is 0.351 e. The molecule has 0 radical (unpaired) electrons. The van der Waals surface area contributed by atoms with Gasteiger partial charge in [0.25, 0.3) is 5.91 Å². The van der Waals surface area contributed by atoms with Crippen molar-refractivity contribution in [2.45, 2.75) is 23.2 Å². The molecule has 132 valence electrons. The van der Waals surface area contributed by atoms with Crippen LogP contribution in [0.4, 0.5) is 0 Å². The summed E-state index contributed by atoms with van der Waals surface area (Å²) in [5, 5.41) is 3.61. The molecule has 0 unspecified atom stereocenters. The molecule has 0 saturated heterocycles. The molecule has 7 heteroatoms. The lowest BCUT2D eigenvalue weighted by molar-refractivity contribution is 0.0949. The van der Waals surface area contributed by atoms with Gasteiger partial charge in [0.15, 0.2) is 0 Å². The Hall–Kier alpha value is -1.89. The first-order valence-electron chi connectivity index (χ1n) is 7.94. The van der Waals surface area contributed by atoms with E-state index < -0.39 is 10.0 Å². The van der Waals surface area contributed by atoms with E-state index in [1.807, 2.05) is 24.3 Å². The summed E-state index contributed by atoms with van der Waals surface area (Å²) in [4.78, 5) is 12.5. The van der Waals surface area contributed by atoms with E-state index in [2.05, 4.69) is 10.0 Å². The van der Waals surface area contributed by atoms with Gasteiger partial charge in [-0.2, -0.15) is 0 Å². The second-order valence-corrected chi connectivity index (χ2v) is 8.53. The van der Waals surface area contributed by atoms with Crippen molar-refractivity contribution in [1.82, 2.24) is 10.0 Å². The van der Waals surface area contributed by atoms with Crippen LogP contribution < -0.4 is 10.0 Å². The van der Waals surface area contributed by atoms with Crippen LogP contribution in [0.5, 0.6) is 0 Å². The standard InChI is InChI=1S/C18H19ClN2O3S/c1-20-25(23,24)16-4-2-3-13(11-16)17(22)21-12-18(9-10-18)14-5-7-15(19)8-6-14/h2-8,11,20H,9-10,12H2,1H3,(H,21,22). The van der Waals surface area contributed by atoms with Gasteiger partial charge in [-0.25, -0.2) is 13.1 Å². The molecule has 0 heterocycles. The lowest BCUT2D eigenvalue weighted by Crippen LogP contribution is -2.32. The Morgan fingerprint density at radius 2 is 1.84 bits per heavy atom. The van der Waals surface area contributed by atoms with Crippen molar-refractivity contribution in [3.8, 4) is 0 Å². The molecule has 1 amide bonds. The van der Waals surface area contributed by atoms with Gasteiger partial charge in [0.2, 0.25) is 10.0 Å². The van der Waals surface area contributed by atoms with Gasteiger partial charge in [-0.3, -0.25) is 4.79 Å². The first-order valence-corrected chi connectivity index (χ1v) is 9.80. The van der Waals surface area contributed by atoms with Crippen molar-refractivity contribution in [2.24, 2.45) is 0 Å². The van der Waals surface area contributed by atoms with E-state index in [-0.39, 0.29) is 16.2 Å². The van der Waals surface area contributed by atoms with Crippen molar-refractivity contribution in [2.75, 3.05) is 13.6 Å². The normalized spacial score (nSPS) is 15.6. The van der Waals surface area contributed by atoms with E-state index in [1.165, 1.54) is 19.2 Å². The zero-order valence-electron chi connectivity index (χ0n) is 13.8. The number of hydrogen-bond acceptors (Lipinski definition) is 3. The number of carbonyl (C=O) groups is 1. The fourth-order valence-corrected chi connectivity index (χ4v) is 3.70. The van der Waals surface area contributed by atoms with E-state index in [4.69, 9.17) is 11.6 Å². The Kier molecular flexibility index (Phi) is 4.86. The maximum Gasteiger partial charge on any atom is 0.251 e. The monoisotopic (exact) mass is 378 g/mol. The molecule has 5 nitrogen and oxygen atoms in total. The molecule has 2 aromatic rings. The van der Waals surface area contributed by atoms with Crippen molar-refractivity contribution in [3.63, 3.8) is 0 Å². The van der Waals surface area contributed by atoms with E-state index in [9.17, 15) is 13.2 Å². The average Bonchev–Trinajstić information content (AvgIpc) is 3.41. The highest BCUT2D eigenvalue weighted by atomic mass is 35.5. The van der Waals surface area contributed by atoms with Crippen LogP contribution in [0.2, 0.25) is 5.02 Å². The lowest BCUT2D eigenvalue weighted by atomic mass is 9.96. The molecule has 1 aliphatic rings. The summed E-state index contributed by atoms with van der Waals surface area (Å²) in [7, 11) is -2.24. The second-order valence-electron chi connectivity index (χ2n) is 6.21. The Morgan fingerprint density at radius 3 is 2.44 bits per heavy atom. The minimum Gasteiger partial charge on any atom is -0.351 e. The quantitative estimate of drug-likeness (QED) is 0.811. The SMILES string of the molecule is CNS(=O)(=O)c1cccc(C(=O)NCC2(c3ccc(Cl)cc3)CC2)c1. The minimum absolute atomic E-state index is 0.0467.